The van der Waals surface area contributed by atoms with Gasteiger partial charge >= 0.3 is 12.0 Å². The number of nitrogens with zero attached hydrogens (tertiary/aromatic N) is 1. The van der Waals surface area contributed by atoms with Crippen LogP contribution in [0.4, 0.5) is 4.79 Å². The second-order valence-electron chi connectivity index (χ2n) is 7.23. The van der Waals surface area contributed by atoms with E-state index in [4.69, 9.17) is 0 Å². The molecule has 5 nitrogen and oxygen atoms in total. The molecule has 0 saturated heterocycles. The number of urea groups is 1. The normalized spacial score (nSPS) is 19.5. The van der Waals surface area contributed by atoms with Crippen LogP contribution >= 0.6 is 0 Å². The van der Waals surface area contributed by atoms with Gasteiger partial charge in [-0.1, -0.05) is 49.1 Å². The van der Waals surface area contributed by atoms with Crippen LogP contribution in [0.2, 0.25) is 0 Å². The Bertz CT molecular complexity index is 619. The molecule has 0 atom stereocenters. The summed E-state index contributed by atoms with van der Waals surface area (Å²) in [6.45, 7) is 2.58. The molecule has 130 valence electrons. The number of benzene rings is 1. The summed E-state index contributed by atoms with van der Waals surface area (Å²) in [5, 5.41) is 12.1. The molecule has 2 fully saturated rings. The van der Waals surface area contributed by atoms with Crippen LogP contribution in [0.25, 0.3) is 0 Å². The second kappa shape index (κ2) is 6.83. The summed E-state index contributed by atoms with van der Waals surface area (Å²) in [5.74, 6) is -0.921. The molecule has 0 aromatic heterocycles. The van der Waals surface area contributed by atoms with Crippen molar-refractivity contribution < 1.29 is 14.7 Å². The van der Waals surface area contributed by atoms with E-state index < -0.39 is 11.5 Å². The van der Waals surface area contributed by atoms with E-state index in [2.05, 4.69) is 11.4 Å². The van der Waals surface area contributed by atoms with Crippen LogP contribution < -0.4 is 5.32 Å². The molecule has 1 aromatic carbocycles. The number of nitrogens with one attached hydrogen (secondary N) is 1. The summed E-state index contributed by atoms with van der Waals surface area (Å²) < 4.78 is 0. The largest absolute Gasteiger partial charge is 0.480 e. The fourth-order valence-electron chi connectivity index (χ4n) is 3.56. The second-order valence-corrected chi connectivity index (χ2v) is 7.23. The SMILES string of the molecule is Cc1cccc(CN(C(=O)NC2(C(=O)O)CC2)C2CCCCC2)c1. The molecular formula is C19H26N2O3. The molecule has 2 aliphatic rings. The van der Waals surface area contributed by atoms with Crippen molar-refractivity contribution in [2.24, 2.45) is 0 Å². The Balaban J connectivity index is 1.76. The summed E-state index contributed by atoms with van der Waals surface area (Å²) in [6, 6.07) is 8.12. The lowest BCUT2D eigenvalue weighted by atomic mass is 9.94. The van der Waals surface area contributed by atoms with Gasteiger partial charge in [-0.15, -0.1) is 0 Å². The van der Waals surface area contributed by atoms with Crippen molar-refractivity contribution in [2.75, 3.05) is 0 Å². The van der Waals surface area contributed by atoms with Crippen molar-refractivity contribution in [2.45, 2.75) is 70.0 Å². The highest BCUT2D eigenvalue weighted by molar-refractivity contribution is 5.89. The third kappa shape index (κ3) is 3.71. The first kappa shape index (κ1) is 16.8. The third-order valence-electron chi connectivity index (χ3n) is 5.22. The summed E-state index contributed by atoms with van der Waals surface area (Å²) >= 11 is 0. The number of aryl methyl sites for hydroxylation is 1. The molecule has 2 N–H and O–H groups in total. The smallest absolute Gasteiger partial charge is 0.329 e. The summed E-state index contributed by atoms with van der Waals surface area (Å²) in [5.41, 5.74) is 1.23. The lowest BCUT2D eigenvalue weighted by Crippen LogP contribution is -2.52. The average Bonchev–Trinajstić information content (AvgIpc) is 3.34. The molecule has 0 spiro atoms. The van der Waals surface area contributed by atoms with Crippen molar-refractivity contribution in [3.63, 3.8) is 0 Å². The van der Waals surface area contributed by atoms with E-state index >= 15 is 0 Å². The summed E-state index contributed by atoms with van der Waals surface area (Å²) in [4.78, 5) is 26.1. The molecule has 0 unspecified atom stereocenters. The fourth-order valence-corrected chi connectivity index (χ4v) is 3.56. The zero-order valence-corrected chi connectivity index (χ0v) is 14.3. The van der Waals surface area contributed by atoms with Crippen LogP contribution in [0, 0.1) is 6.92 Å². The Morgan fingerprint density at radius 3 is 2.54 bits per heavy atom. The predicted octanol–water partition coefficient (Wildman–Crippen LogP) is 3.46. The molecular weight excluding hydrogens is 304 g/mol. The number of carbonyl (C=O) groups excluding carboxylic acids is 1. The van der Waals surface area contributed by atoms with Gasteiger partial charge in [0.25, 0.3) is 0 Å². The third-order valence-corrected chi connectivity index (χ3v) is 5.22. The van der Waals surface area contributed by atoms with Crippen LogP contribution in [-0.4, -0.2) is 33.6 Å². The van der Waals surface area contributed by atoms with E-state index in [0.29, 0.717) is 19.4 Å². The molecule has 2 amide bonds. The van der Waals surface area contributed by atoms with Gasteiger partial charge in [0.1, 0.15) is 5.54 Å². The number of carbonyl (C=O) groups is 2. The van der Waals surface area contributed by atoms with Crippen molar-refractivity contribution in [1.82, 2.24) is 10.2 Å². The van der Waals surface area contributed by atoms with E-state index in [-0.39, 0.29) is 12.1 Å². The molecule has 5 heteroatoms. The van der Waals surface area contributed by atoms with Crippen molar-refractivity contribution in [1.29, 1.82) is 0 Å². The van der Waals surface area contributed by atoms with Gasteiger partial charge in [-0.25, -0.2) is 9.59 Å². The Morgan fingerprint density at radius 2 is 1.96 bits per heavy atom. The Labute approximate surface area is 143 Å². The van der Waals surface area contributed by atoms with E-state index in [0.717, 1.165) is 31.2 Å². The van der Waals surface area contributed by atoms with Crippen molar-refractivity contribution >= 4 is 12.0 Å². The van der Waals surface area contributed by atoms with Crippen LogP contribution in [0.3, 0.4) is 0 Å². The van der Waals surface area contributed by atoms with Crippen LogP contribution in [0.1, 0.15) is 56.1 Å². The zero-order valence-electron chi connectivity index (χ0n) is 14.3. The number of aliphatic carboxylic acids is 1. The Morgan fingerprint density at radius 1 is 1.25 bits per heavy atom. The molecule has 3 rings (SSSR count). The van der Waals surface area contributed by atoms with Crippen LogP contribution in [0.5, 0.6) is 0 Å². The van der Waals surface area contributed by atoms with E-state index in [9.17, 15) is 14.7 Å². The first-order valence-electron chi connectivity index (χ1n) is 8.88. The maximum atomic E-state index is 12.8. The van der Waals surface area contributed by atoms with Gasteiger partial charge < -0.3 is 15.3 Å². The lowest BCUT2D eigenvalue weighted by molar-refractivity contribution is -0.140. The highest BCUT2D eigenvalue weighted by Gasteiger charge is 2.52. The molecule has 2 saturated carbocycles. The van der Waals surface area contributed by atoms with Crippen LogP contribution in [-0.2, 0) is 11.3 Å². The number of carboxylic acids is 1. The molecule has 0 radical (unpaired) electrons. The van der Waals surface area contributed by atoms with Gasteiger partial charge in [-0.3, -0.25) is 0 Å². The van der Waals surface area contributed by atoms with Crippen molar-refractivity contribution in [3.8, 4) is 0 Å². The number of amides is 2. The van der Waals surface area contributed by atoms with E-state index in [1.165, 1.54) is 12.0 Å². The summed E-state index contributed by atoms with van der Waals surface area (Å²) in [6.07, 6.45) is 6.53. The van der Waals surface area contributed by atoms with Gasteiger partial charge in [0.15, 0.2) is 0 Å². The Hall–Kier alpha value is -2.04. The molecule has 0 bridgehead atoms. The van der Waals surface area contributed by atoms with Crippen molar-refractivity contribution in [3.05, 3.63) is 35.4 Å². The minimum atomic E-state index is -1.03. The first-order chi connectivity index (χ1) is 11.5. The number of hydrogen-bond acceptors (Lipinski definition) is 2. The topological polar surface area (TPSA) is 69.6 Å². The number of hydrogen-bond donors (Lipinski definition) is 2. The highest BCUT2D eigenvalue weighted by Crippen LogP contribution is 2.36. The molecule has 1 aromatic rings. The van der Waals surface area contributed by atoms with Gasteiger partial charge in [-0.2, -0.15) is 0 Å². The standard InChI is InChI=1S/C19H26N2O3/c1-14-6-5-7-15(12-14)13-21(16-8-3-2-4-9-16)18(24)20-19(10-11-19)17(22)23/h5-7,12,16H,2-4,8-11,13H2,1H3,(H,20,24)(H,22,23). The van der Waals surface area contributed by atoms with Gasteiger partial charge in [0.05, 0.1) is 0 Å². The zero-order chi connectivity index (χ0) is 17.2. The first-order valence-corrected chi connectivity index (χ1v) is 8.88. The minimum Gasteiger partial charge on any atom is -0.480 e. The Kier molecular flexibility index (Phi) is 4.78. The van der Waals surface area contributed by atoms with Gasteiger partial charge in [0, 0.05) is 12.6 Å². The maximum absolute atomic E-state index is 12.8. The summed E-state index contributed by atoms with van der Waals surface area (Å²) in [7, 11) is 0. The quantitative estimate of drug-likeness (QED) is 0.868. The average molecular weight is 330 g/mol. The monoisotopic (exact) mass is 330 g/mol. The minimum absolute atomic E-state index is 0.198. The maximum Gasteiger partial charge on any atom is 0.329 e. The van der Waals surface area contributed by atoms with E-state index in [1.807, 2.05) is 30.0 Å². The molecule has 24 heavy (non-hydrogen) atoms. The highest BCUT2D eigenvalue weighted by atomic mass is 16.4. The number of rotatable bonds is 5. The lowest BCUT2D eigenvalue weighted by Gasteiger charge is -2.35. The van der Waals surface area contributed by atoms with Crippen LogP contribution in [0.15, 0.2) is 24.3 Å². The van der Waals surface area contributed by atoms with Gasteiger partial charge in [0.2, 0.25) is 0 Å². The molecule has 0 heterocycles. The predicted molar refractivity (Wildman–Crippen MR) is 91.7 cm³/mol. The van der Waals surface area contributed by atoms with E-state index in [1.54, 1.807) is 0 Å². The van der Waals surface area contributed by atoms with Gasteiger partial charge in [-0.05, 0) is 38.2 Å². The number of carboxylic acid groups (broad SMARTS) is 1. The molecule has 0 aliphatic heterocycles. The fraction of sp³-hybridized carbons (Fsp3) is 0.579. The molecule has 2 aliphatic carbocycles.